The SMILES string of the molecule is COC(=O)C[C@@H](C)[C@H]1CCC2C3C(CC[C@@]21C)[C@@]1(C)CC[C@@H](OC(C)=O)C[C@H]1C[C@@H]3O. The number of carbonyl (C=O) groups is 2. The molecule has 4 rings (SSSR count). The van der Waals surface area contributed by atoms with E-state index in [2.05, 4.69) is 20.8 Å². The van der Waals surface area contributed by atoms with Gasteiger partial charge in [-0.3, -0.25) is 9.59 Å². The summed E-state index contributed by atoms with van der Waals surface area (Å²) in [7, 11) is 1.48. The minimum absolute atomic E-state index is 0.0169. The summed E-state index contributed by atoms with van der Waals surface area (Å²) in [4.78, 5) is 23.4. The molecule has 0 radical (unpaired) electrons. The number of methoxy groups -OCH3 is 1. The summed E-state index contributed by atoms with van der Waals surface area (Å²) in [6.45, 7) is 8.61. The molecule has 10 atom stereocenters. The van der Waals surface area contributed by atoms with Crippen LogP contribution in [-0.4, -0.2) is 36.4 Å². The normalized spacial score (nSPS) is 47.5. The first-order valence-electron chi connectivity index (χ1n) is 12.5. The van der Waals surface area contributed by atoms with Crippen LogP contribution in [0.1, 0.15) is 85.5 Å². The Labute approximate surface area is 187 Å². The van der Waals surface area contributed by atoms with Gasteiger partial charge in [-0.15, -0.1) is 0 Å². The fourth-order valence-corrected chi connectivity index (χ4v) is 8.99. The van der Waals surface area contributed by atoms with Crippen molar-refractivity contribution in [1.82, 2.24) is 0 Å². The molecule has 3 unspecified atom stereocenters. The summed E-state index contributed by atoms with van der Waals surface area (Å²) in [5.74, 6) is 2.43. The van der Waals surface area contributed by atoms with Gasteiger partial charge < -0.3 is 14.6 Å². The van der Waals surface area contributed by atoms with Gasteiger partial charge in [-0.05, 0) is 97.7 Å². The van der Waals surface area contributed by atoms with E-state index in [-0.39, 0.29) is 35.0 Å². The summed E-state index contributed by atoms with van der Waals surface area (Å²) in [5.41, 5.74) is 0.436. The number of aliphatic hydroxyl groups is 1. The highest BCUT2D eigenvalue weighted by atomic mass is 16.5. The van der Waals surface area contributed by atoms with Gasteiger partial charge in [0.15, 0.2) is 0 Å². The van der Waals surface area contributed by atoms with Crippen LogP contribution in [0.5, 0.6) is 0 Å². The van der Waals surface area contributed by atoms with E-state index in [4.69, 9.17) is 9.47 Å². The summed E-state index contributed by atoms with van der Waals surface area (Å²) in [6, 6.07) is 0. The second-order valence-corrected chi connectivity index (χ2v) is 11.8. The van der Waals surface area contributed by atoms with Gasteiger partial charge in [-0.2, -0.15) is 0 Å². The maximum atomic E-state index is 11.9. The largest absolute Gasteiger partial charge is 0.469 e. The Morgan fingerprint density at radius 3 is 2.39 bits per heavy atom. The van der Waals surface area contributed by atoms with Gasteiger partial charge in [0.25, 0.3) is 0 Å². The quantitative estimate of drug-likeness (QED) is 0.647. The number of carbonyl (C=O) groups excluding carboxylic acids is 2. The number of aliphatic hydroxyl groups excluding tert-OH is 1. The van der Waals surface area contributed by atoms with Gasteiger partial charge in [0.1, 0.15) is 6.10 Å². The molecule has 1 N–H and O–H groups in total. The van der Waals surface area contributed by atoms with Crippen molar-refractivity contribution in [2.45, 2.75) is 97.7 Å². The highest BCUT2D eigenvalue weighted by Crippen LogP contribution is 2.68. The van der Waals surface area contributed by atoms with E-state index < -0.39 is 0 Å². The average Bonchev–Trinajstić information content (AvgIpc) is 3.05. The Morgan fingerprint density at radius 2 is 1.71 bits per heavy atom. The average molecular weight is 435 g/mol. The maximum absolute atomic E-state index is 11.9. The van der Waals surface area contributed by atoms with Crippen molar-refractivity contribution < 1.29 is 24.2 Å². The Morgan fingerprint density at radius 1 is 1.03 bits per heavy atom. The van der Waals surface area contributed by atoms with E-state index in [9.17, 15) is 14.7 Å². The second-order valence-electron chi connectivity index (χ2n) is 11.8. The Hall–Kier alpha value is -1.10. The number of rotatable bonds is 4. The van der Waals surface area contributed by atoms with Crippen LogP contribution in [0.3, 0.4) is 0 Å². The molecule has 31 heavy (non-hydrogen) atoms. The molecule has 0 aromatic heterocycles. The zero-order valence-electron chi connectivity index (χ0n) is 20.1. The molecule has 4 aliphatic carbocycles. The zero-order chi connectivity index (χ0) is 22.6. The lowest BCUT2D eigenvalue weighted by Gasteiger charge is -2.62. The molecule has 0 bridgehead atoms. The lowest BCUT2D eigenvalue weighted by Crippen LogP contribution is -2.58. The van der Waals surface area contributed by atoms with Gasteiger partial charge >= 0.3 is 11.9 Å². The highest BCUT2D eigenvalue weighted by Gasteiger charge is 2.63. The van der Waals surface area contributed by atoms with E-state index in [0.717, 1.165) is 32.1 Å². The number of fused-ring (bicyclic) bond motifs is 5. The first kappa shape index (κ1) is 23.1. The molecule has 0 spiro atoms. The van der Waals surface area contributed by atoms with Gasteiger partial charge in [0.2, 0.25) is 0 Å². The predicted octanol–water partition coefficient (Wildman–Crippen LogP) is 4.75. The Bertz CT molecular complexity index is 706. The lowest BCUT2D eigenvalue weighted by atomic mass is 9.43. The zero-order valence-corrected chi connectivity index (χ0v) is 20.1. The second kappa shape index (κ2) is 8.35. The Balaban J connectivity index is 1.53. The van der Waals surface area contributed by atoms with Crippen molar-refractivity contribution in [2.75, 3.05) is 7.11 Å². The van der Waals surface area contributed by atoms with Crippen LogP contribution in [0, 0.1) is 46.3 Å². The van der Waals surface area contributed by atoms with E-state index in [1.807, 2.05) is 0 Å². The fourth-order valence-electron chi connectivity index (χ4n) is 8.99. The third-order valence-electron chi connectivity index (χ3n) is 10.4. The van der Waals surface area contributed by atoms with Crippen molar-refractivity contribution in [1.29, 1.82) is 0 Å². The molecule has 4 aliphatic rings. The van der Waals surface area contributed by atoms with Crippen molar-refractivity contribution in [2.24, 2.45) is 46.3 Å². The topological polar surface area (TPSA) is 72.8 Å². The maximum Gasteiger partial charge on any atom is 0.305 e. The molecule has 176 valence electrons. The molecule has 0 aliphatic heterocycles. The van der Waals surface area contributed by atoms with Crippen molar-refractivity contribution in [3.8, 4) is 0 Å². The number of hydrogen-bond acceptors (Lipinski definition) is 5. The molecule has 4 saturated carbocycles. The molecule has 4 fully saturated rings. The number of ether oxygens (including phenoxy) is 2. The molecule has 0 saturated heterocycles. The van der Waals surface area contributed by atoms with E-state index >= 15 is 0 Å². The van der Waals surface area contributed by atoms with Crippen molar-refractivity contribution in [3.05, 3.63) is 0 Å². The first-order valence-corrected chi connectivity index (χ1v) is 12.5. The third kappa shape index (κ3) is 3.83. The van der Waals surface area contributed by atoms with E-state index in [1.165, 1.54) is 33.3 Å². The summed E-state index contributed by atoms with van der Waals surface area (Å²) < 4.78 is 10.5. The summed E-state index contributed by atoms with van der Waals surface area (Å²) >= 11 is 0. The first-order chi connectivity index (χ1) is 14.6. The molecule has 0 aromatic carbocycles. The number of hydrogen-bond donors (Lipinski definition) is 1. The van der Waals surface area contributed by atoms with Crippen LogP contribution in [-0.2, 0) is 19.1 Å². The minimum atomic E-state index is -0.265. The summed E-state index contributed by atoms with van der Waals surface area (Å²) in [5, 5.41) is 11.4. The monoisotopic (exact) mass is 434 g/mol. The van der Waals surface area contributed by atoms with Crippen LogP contribution in [0.15, 0.2) is 0 Å². The van der Waals surface area contributed by atoms with Gasteiger partial charge in [0.05, 0.1) is 13.2 Å². The van der Waals surface area contributed by atoms with Crippen LogP contribution in [0.25, 0.3) is 0 Å². The molecule has 5 heteroatoms. The van der Waals surface area contributed by atoms with Crippen LogP contribution in [0.4, 0.5) is 0 Å². The summed E-state index contributed by atoms with van der Waals surface area (Å²) in [6.07, 6.45) is 8.71. The predicted molar refractivity (Wildman–Crippen MR) is 118 cm³/mol. The van der Waals surface area contributed by atoms with Crippen LogP contribution < -0.4 is 0 Å². The molecular weight excluding hydrogens is 392 g/mol. The molecular formula is C26H42O5. The Kier molecular flexibility index (Phi) is 6.22. The van der Waals surface area contributed by atoms with E-state index in [1.54, 1.807) is 0 Å². The van der Waals surface area contributed by atoms with Gasteiger partial charge in [-0.1, -0.05) is 20.8 Å². The van der Waals surface area contributed by atoms with Gasteiger partial charge in [-0.25, -0.2) is 0 Å². The lowest BCUT2D eigenvalue weighted by molar-refractivity contribution is -0.182. The fraction of sp³-hybridized carbons (Fsp3) is 0.923. The standard InChI is InChI=1S/C26H42O5/c1-15(12-23(29)30-5)19-6-7-20-24-21(9-11-26(19,20)4)25(3)10-8-18(31-16(2)27)13-17(25)14-22(24)28/h15,17-22,24,28H,6-14H2,1-5H3/t15-,17+,18-,19-,20?,21?,22+,24?,25+,26-/m1/s1. The third-order valence-corrected chi connectivity index (χ3v) is 10.4. The molecule has 0 amide bonds. The minimum Gasteiger partial charge on any atom is -0.469 e. The van der Waals surface area contributed by atoms with Gasteiger partial charge in [0, 0.05) is 13.3 Å². The molecule has 0 heterocycles. The smallest absolute Gasteiger partial charge is 0.305 e. The molecule has 5 nitrogen and oxygen atoms in total. The number of esters is 2. The van der Waals surface area contributed by atoms with Crippen LogP contribution >= 0.6 is 0 Å². The van der Waals surface area contributed by atoms with Crippen LogP contribution in [0.2, 0.25) is 0 Å². The van der Waals surface area contributed by atoms with Crippen molar-refractivity contribution >= 4 is 11.9 Å². The highest BCUT2D eigenvalue weighted by molar-refractivity contribution is 5.69. The van der Waals surface area contributed by atoms with Crippen molar-refractivity contribution in [3.63, 3.8) is 0 Å². The van der Waals surface area contributed by atoms with E-state index in [0.29, 0.717) is 41.9 Å². The molecule has 0 aromatic rings.